The molecule has 2 aromatic carbocycles. The minimum atomic E-state index is -3.75. The Kier molecular flexibility index (Phi) is 3.99. The van der Waals surface area contributed by atoms with Gasteiger partial charge < -0.3 is 14.4 Å². The van der Waals surface area contributed by atoms with E-state index in [0.717, 1.165) is 11.3 Å². The van der Waals surface area contributed by atoms with E-state index in [1.807, 2.05) is 0 Å². The Morgan fingerprint density at radius 2 is 1.77 bits per heavy atom. The summed E-state index contributed by atoms with van der Waals surface area (Å²) in [7, 11) is -2.06. The Balaban J connectivity index is 1.62. The monoisotopic (exact) mass is 374 g/mol. The summed E-state index contributed by atoms with van der Waals surface area (Å²) in [5, 5.41) is 0. The summed E-state index contributed by atoms with van der Waals surface area (Å²) in [5.41, 5.74) is 2.00. The molecule has 7 nitrogen and oxygen atoms in total. The molecular weight excluding hydrogens is 356 g/mol. The summed E-state index contributed by atoms with van der Waals surface area (Å²) in [6, 6.07) is 9.73. The summed E-state index contributed by atoms with van der Waals surface area (Å²) >= 11 is 0. The van der Waals surface area contributed by atoms with E-state index in [1.54, 1.807) is 42.3 Å². The molecule has 0 spiro atoms. The maximum absolute atomic E-state index is 12.7. The number of amides is 1. The predicted molar refractivity (Wildman–Crippen MR) is 96.4 cm³/mol. The molecule has 2 aliphatic heterocycles. The molecule has 26 heavy (non-hydrogen) atoms. The number of nitrogens with one attached hydrogen (secondary N) is 1. The highest BCUT2D eigenvalue weighted by atomic mass is 32.2. The van der Waals surface area contributed by atoms with E-state index in [0.29, 0.717) is 43.2 Å². The van der Waals surface area contributed by atoms with Crippen LogP contribution in [-0.2, 0) is 21.2 Å². The van der Waals surface area contributed by atoms with Gasteiger partial charge in [-0.25, -0.2) is 8.42 Å². The maximum atomic E-state index is 12.7. The van der Waals surface area contributed by atoms with Gasteiger partial charge >= 0.3 is 0 Å². The van der Waals surface area contributed by atoms with Crippen molar-refractivity contribution >= 4 is 27.3 Å². The zero-order chi connectivity index (χ0) is 18.3. The molecule has 2 heterocycles. The zero-order valence-electron chi connectivity index (χ0n) is 14.2. The molecule has 8 heteroatoms. The number of nitrogens with zero attached hydrogens (tertiary/aromatic N) is 1. The van der Waals surface area contributed by atoms with Gasteiger partial charge in [0, 0.05) is 25.2 Å². The van der Waals surface area contributed by atoms with Crippen molar-refractivity contribution in [2.45, 2.75) is 17.7 Å². The van der Waals surface area contributed by atoms with E-state index >= 15 is 0 Å². The fourth-order valence-corrected chi connectivity index (χ4v) is 4.22. The van der Waals surface area contributed by atoms with Gasteiger partial charge in [0.25, 0.3) is 10.0 Å². The molecule has 4 rings (SSSR count). The molecule has 2 aliphatic rings. The summed E-state index contributed by atoms with van der Waals surface area (Å²) in [5.74, 6) is 1.14. The third-order valence-electron chi connectivity index (χ3n) is 4.50. The van der Waals surface area contributed by atoms with Crippen LogP contribution in [-0.4, -0.2) is 34.6 Å². The molecule has 1 N–H and O–H groups in total. The molecular formula is C18H18N2O5S. The molecule has 0 radical (unpaired) electrons. The van der Waals surface area contributed by atoms with Gasteiger partial charge in [0.15, 0.2) is 11.5 Å². The van der Waals surface area contributed by atoms with Crippen LogP contribution in [0.5, 0.6) is 11.5 Å². The van der Waals surface area contributed by atoms with Crippen molar-refractivity contribution in [1.82, 2.24) is 0 Å². The number of ether oxygens (including phenoxy) is 2. The normalized spacial score (nSPS) is 16.2. The number of anilines is 2. The second kappa shape index (κ2) is 6.21. The summed E-state index contributed by atoms with van der Waals surface area (Å²) in [6.45, 7) is 0.907. The van der Waals surface area contributed by atoms with E-state index in [-0.39, 0.29) is 10.8 Å². The first-order valence-corrected chi connectivity index (χ1v) is 9.74. The molecule has 0 fully saturated rings. The number of fused-ring (bicyclic) bond motifs is 2. The van der Waals surface area contributed by atoms with Crippen molar-refractivity contribution in [2.75, 3.05) is 29.9 Å². The molecule has 0 unspecified atom stereocenters. The standard InChI is InChI=1S/C18H18N2O5S/c1-20-15-5-4-14(10-12(15)2-7-18(20)21)26(22,23)19-13-3-6-16-17(11-13)25-9-8-24-16/h3-6,10-11,19H,2,7-9H2,1H3. The number of hydrogen-bond acceptors (Lipinski definition) is 5. The Labute approximate surface area is 151 Å². The number of sulfonamides is 1. The first kappa shape index (κ1) is 16.7. The Morgan fingerprint density at radius 1 is 1.00 bits per heavy atom. The van der Waals surface area contributed by atoms with Crippen molar-refractivity contribution < 1.29 is 22.7 Å². The van der Waals surface area contributed by atoms with Gasteiger partial charge in [0.1, 0.15) is 13.2 Å². The first-order chi connectivity index (χ1) is 12.4. The average molecular weight is 374 g/mol. The molecule has 1 amide bonds. The fraction of sp³-hybridized carbons (Fsp3) is 0.278. The van der Waals surface area contributed by atoms with Crippen LogP contribution in [0.3, 0.4) is 0 Å². The second-order valence-electron chi connectivity index (χ2n) is 6.21. The lowest BCUT2D eigenvalue weighted by molar-refractivity contribution is -0.118. The lowest BCUT2D eigenvalue weighted by atomic mass is 10.0. The highest BCUT2D eigenvalue weighted by Gasteiger charge is 2.24. The maximum Gasteiger partial charge on any atom is 0.261 e. The van der Waals surface area contributed by atoms with Crippen LogP contribution in [0, 0.1) is 0 Å². The van der Waals surface area contributed by atoms with Crippen LogP contribution in [0.25, 0.3) is 0 Å². The molecule has 0 atom stereocenters. The van der Waals surface area contributed by atoms with Crippen LogP contribution in [0.4, 0.5) is 11.4 Å². The summed E-state index contributed by atoms with van der Waals surface area (Å²) in [6.07, 6.45) is 0.911. The van der Waals surface area contributed by atoms with E-state index in [9.17, 15) is 13.2 Å². The van der Waals surface area contributed by atoms with Crippen molar-refractivity contribution in [3.05, 3.63) is 42.0 Å². The Hall–Kier alpha value is -2.74. The fourth-order valence-electron chi connectivity index (χ4n) is 3.12. The van der Waals surface area contributed by atoms with Crippen LogP contribution >= 0.6 is 0 Å². The lowest BCUT2D eigenvalue weighted by Crippen LogP contribution is -2.31. The predicted octanol–water partition coefficient (Wildman–Crippen LogP) is 2.17. The number of carbonyl (C=O) groups is 1. The minimum absolute atomic E-state index is 0.0301. The number of hydrogen-bond donors (Lipinski definition) is 1. The lowest BCUT2D eigenvalue weighted by Gasteiger charge is -2.26. The largest absolute Gasteiger partial charge is 0.486 e. The Bertz CT molecular complexity index is 987. The van der Waals surface area contributed by atoms with E-state index < -0.39 is 10.0 Å². The van der Waals surface area contributed by atoms with Crippen LogP contribution in [0.1, 0.15) is 12.0 Å². The minimum Gasteiger partial charge on any atom is -0.486 e. The highest BCUT2D eigenvalue weighted by molar-refractivity contribution is 7.92. The molecule has 0 bridgehead atoms. The number of carbonyl (C=O) groups excluding carboxylic acids is 1. The molecule has 0 saturated carbocycles. The van der Waals surface area contributed by atoms with Crippen molar-refractivity contribution in [1.29, 1.82) is 0 Å². The summed E-state index contributed by atoms with van der Waals surface area (Å²) in [4.78, 5) is 13.5. The molecule has 0 saturated heterocycles. The van der Waals surface area contributed by atoms with E-state index in [2.05, 4.69) is 4.72 Å². The highest BCUT2D eigenvalue weighted by Crippen LogP contribution is 2.34. The number of rotatable bonds is 3. The zero-order valence-corrected chi connectivity index (χ0v) is 15.0. The molecule has 0 aliphatic carbocycles. The number of benzene rings is 2. The number of aryl methyl sites for hydroxylation is 1. The van der Waals surface area contributed by atoms with E-state index in [1.165, 1.54) is 6.07 Å². The van der Waals surface area contributed by atoms with Crippen molar-refractivity contribution in [3.63, 3.8) is 0 Å². The van der Waals surface area contributed by atoms with Gasteiger partial charge in [-0.05, 0) is 42.3 Å². The topological polar surface area (TPSA) is 84.9 Å². The first-order valence-electron chi connectivity index (χ1n) is 8.26. The molecule has 136 valence electrons. The Morgan fingerprint density at radius 3 is 2.58 bits per heavy atom. The van der Waals surface area contributed by atoms with Gasteiger partial charge in [0.05, 0.1) is 10.6 Å². The molecule has 2 aromatic rings. The third-order valence-corrected chi connectivity index (χ3v) is 5.88. The van der Waals surface area contributed by atoms with Gasteiger partial charge in [0.2, 0.25) is 5.91 Å². The smallest absolute Gasteiger partial charge is 0.261 e. The molecule has 0 aromatic heterocycles. The third kappa shape index (κ3) is 2.96. The van der Waals surface area contributed by atoms with Crippen LogP contribution < -0.4 is 19.1 Å². The quantitative estimate of drug-likeness (QED) is 0.890. The summed E-state index contributed by atoms with van der Waals surface area (Å²) < 4.78 is 39.0. The van der Waals surface area contributed by atoms with Crippen LogP contribution in [0.2, 0.25) is 0 Å². The van der Waals surface area contributed by atoms with Crippen molar-refractivity contribution in [2.24, 2.45) is 0 Å². The van der Waals surface area contributed by atoms with Crippen LogP contribution in [0.15, 0.2) is 41.3 Å². The van der Waals surface area contributed by atoms with Gasteiger partial charge in [-0.1, -0.05) is 0 Å². The SMILES string of the molecule is CN1C(=O)CCc2cc(S(=O)(=O)Nc3ccc4c(c3)OCCO4)ccc21. The van der Waals surface area contributed by atoms with Gasteiger partial charge in [-0.15, -0.1) is 0 Å². The van der Waals surface area contributed by atoms with Gasteiger partial charge in [-0.2, -0.15) is 0 Å². The second-order valence-corrected chi connectivity index (χ2v) is 7.89. The van der Waals surface area contributed by atoms with Crippen molar-refractivity contribution in [3.8, 4) is 11.5 Å². The van der Waals surface area contributed by atoms with Gasteiger partial charge in [-0.3, -0.25) is 9.52 Å². The average Bonchev–Trinajstić information content (AvgIpc) is 2.64. The van der Waals surface area contributed by atoms with E-state index in [4.69, 9.17) is 9.47 Å².